The maximum absolute atomic E-state index is 14.0. The van der Waals surface area contributed by atoms with Crippen LogP contribution < -0.4 is 9.64 Å². The maximum Gasteiger partial charge on any atom is 0.294 e. The van der Waals surface area contributed by atoms with E-state index in [9.17, 15) is 14.7 Å². The maximum atomic E-state index is 14.0. The first kappa shape index (κ1) is 23.5. The van der Waals surface area contributed by atoms with E-state index in [2.05, 4.69) is 4.98 Å². The van der Waals surface area contributed by atoms with Crippen LogP contribution in [0, 0.1) is 13.8 Å². The summed E-state index contributed by atoms with van der Waals surface area (Å²) in [6.45, 7) is 3.66. The number of amides is 1. The van der Waals surface area contributed by atoms with E-state index in [4.69, 9.17) is 4.74 Å². The highest BCUT2D eigenvalue weighted by Gasteiger charge is 2.45. The molecule has 0 aliphatic carbocycles. The number of anilines is 1. The van der Waals surface area contributed by atoms with Crippen molar-refractivity contribution in [2.24, 2.45) is 0 Å². The van der Waals surface area contributed by atoms with E-state index in [-0.39, 0.29) is 5.57 Å². The van der Waals surface area contributed by atoms with Crippen molar-refractivity contribution in [2.45, 2.75) is 19.9 Å². The molecule has 1 amide bonds. The number of aliphatic hydroxyl groups is 1. The number of aryl methyl sites for hydroxylation is 2. The molecule has 36 heavy (non-hydrogen) atoms. The van der Waals surface area contributed by atoms with Crippen molar-refractivity contribution in [2.75, 3.05) is 12.0 Å². The smallest absolute Gasteiger partial charge is 0.294 e. The molecule has 7 heteroatoms. The Labute approximate surface area is 213 Å². The van der Waals surface area contributed by atoms with Crippen LogP contribution in [0.15, 0.2) is 90.2 Å². The molecule has 2 heterocycles. The number of nitrogens with zero attached hydrogens (tertiary/aromatic N) is 2. The number of ether oxygens (including phenoxy) is 1. The molecule has 1 aliphatic heterocycles. The van der Waals surface area contributed by atoms with E-state index in [1.807, 2.05) is 67.6 Å². The number of rotatable bonds is 6. The molecular formula is C29H24N2O4S. The predicted octanol–water partition coefficient (Wildman–Crippen LogP) is 6.22. The van der Waals surface area contributed by atoms with Crippen LogP contribution in [-0.4, -0.2) is 28.9 Å². The molecule has 1 aromatic heterocycles. The van der Waals surface area contributed by atoms with Crippen molar-refractivity contribution < 1.29 is 19.4 Å². The van der Waals surface area contributed by atoms with Gasteiger partial charge >= 0.3 is 0 Å². The van der Waals surface area contributed by atoms with Gasteiger partial charge in [0.15, 0.2) is 5.76 Å². The van der Waals surface area contributed by atoms with Crippen LogP contribution in [-0.2, 0) is 4.79 Å². The van der Waals surface area contributed by atoms with Gasteiger partial charge in [0.1, 0.15) is 10.8 Å². The molecular weight excluding hydrogens is 472 g/mol. The molecule has 4 aromatic rings. The zero-order chi connectivity index (χ0) is 25.4. The number of aliphatic hydroxyl groups excluding tert-OH is 1. The van der Waals surface area contributed by atoms with Crippen LogP contribution in [0.25, 0.3) is 10.6 Å². The van der Waals surface area contributed by atoms with E-state index in [1.54, 1.807) is 32.2 Å². The standard InChI is InChI=1S/C29H24N2O4S/c1-17-10-7-8-15-22(17)31-24(20-13-9-14-21(16-20)35-3)23(26(33)29(31)34)25(32)27-18(2)30-28(36-27)19-11-5-4-6-12-19/h4-16,24,33H,1-3H3. The number of thiazole rings is 1. The average molecular weight is 497 g/mol. The summed E-state index contributed by atoms with van der Waals surface area (Å²) in [6.07, 6.45) is 0. The van der Waals surface area contributed by atoms with Crippen molar-refractivity contribution in [3.05, 3.63) is 112 Å². The SMILES string of the molecule is COc1cccc(C2C(C(=O)c3sc(-c4ccccc4)nc3C)=C(O)C(=O)N2c2ccccc2C)c1. The second kappa shape index (κ2) is 9.43. The van der Waals surface area contributed by atoms with Crippen LogP contribution in [0.1, 0.15) is 32.5 Å². The molecule has 3 aromatic carbocycles. The van der Waals surface area contributed by atoms with Crippen molar-refractivity contribution in [3.63, 3.8) is 0 Å². The van der Waals surface area contributed by atoms with Crippen LogP contribution in [0.3, 0.4) is 0 Å². The van der Waals surface area contributed by atoms with Gasteiger partial charge in [0.2, 0.25) is 5.78 Å². The van der Waals surface area contributed by atoms with Gasteiger partial charge in [-0.25, -0.2) is 4.98 Å². The van der Waals surface area contributed by atoms with Crippen molar-refractivity contribution >= 4 is 28.7 Å². The number of carbonyl (C=O) groups is 2. The topological polar surface area (TPSA) is 79.7 Å². The zero-order valence-corrected chi connectivity index (χ0v) is 20.9. The average Bonchev–Trinajstić information content (AvgIpc) is 3.42. The Morgan fingerprint density at radius 1 is 1.00 bits per heavy atom. The minimum Gasteiger partial charge on any atom is -0.503 e. The fraction of sp³-hybridized carbons (Fsp3) is 0.138. The Hall–Kier alpha value is -4.23. The quantitative estimate of drug-likeness (QED) is 0.321. The molecule has 0 fully saturated rings. The number of hydrogen-bond acceptors (Lipinski definition) is 6. The Bertz CT molecular complexity index is 1510. The summed E-state index contributed by atoms with van der Waals surface area (Å²) in [5, 5.41) is 11.8. The van der Waals surface area contributed by atoms with Crippen LogP contribution >= 0.6 is 11.3 Å². The zero-order valence-electron chi connectivity index (χ0n) is 20.1. The first-order valence-corrected chi connectivity index (χ1v) is 12.3. The second-order valence-electron chi connectivity index (χ2n) is 8.53. The first-order valence-electron chi connectivity index (χ1n) is 11.4. The summed E-state index contributed by atoms with van der Waals surface area (Å²) >= 11 is 1.26. The third-order valence-electron chi connectivity index (χ3n) is 6.26. The molecule has 0 bridgehead atoms. The summed E-state index contributed by atoms with van der Waals surface area (Å²) in [6, 6.07) is 23.4. The van der Waals surface area contributed by atoms with E-state index < -0.39 is 23.5 Å². The Morgan fingerprint density at radius 2 is 1.72 bits per heavy atom. The van der Waals surface area contributed by atoms with Crippen LogP contribution in [0.5, 0.6) is 5.75 Å². The van der Waals surface area contributed by atoms with Gasteiger partial charge in [-0.3, -0.25) is 14.5 Å². The number of ketones is 1. The third kappa shape index (κ3) is 3.97. The lowest BCUT2D eigenvalue weighted by Gasteiger charge is -2.28. The normalized spacial score (nSPS) is 15.5. The first-order chi connectivity index (χ1) is 17.4. The molecule has 1 atom stereocenters. The van der Waals surface area contributed by atoms with Gasteiger partial charge in [-0.2, -0.15) is 0 Å². The van der Waals surface area contributed by atoms with E-state index in [0.717, 1.165) is 11.1 Å². The van der Waals surface area contributed by atoms with Crippen LogP contribution in [0.4, 0.5) is 5.69 Å². The minimum absolute atomic E-state index is 0.0304. The number of hydrogen-bond donors (Lipinski definition) is 1. The number of Topliss-reactive ketones (excluding diaryl/α,β-unsaturated/α-hetero) is 1. The lowest BCUT2D eigenvalue weighted by molar-refractivity contribution is -0.117. The number of methoxy groups -OCH3 is 1. The van der Waals surface area contributed by atoms with Gasteiger partial charge in [-0.05, 0) is 43.2 Å². The molecule has 0 radical (unpaired) electrons. The molecule has 180 valence electrons. The lowest BCUT2D eigenvalue weighted by Crippen LogP contribution is -2.31. The molecule has 6 nitrogen and oxygen atoms in total. The summed E-state index contributed by atoms with van der Waals surface area (Å²) in [5.41, 5.74) is 3.61. The summed E-state index contributed by atoms with van der Waals surface area (Å²) < 4.78 is 5.41. The molecule has 0 saturated heterocycles. The van der Waals surface area contributed by atoms with Gasteiger partial charge in [0.05, 0.1) is 29.3 Å². The largest absolute Gasteiger partial charge is 0.503 e. The molecule has 0 saturated carbocycles. The van der Waals surface area contributed by atoms with Gasteiger partial charge < -0.3 is 9.84 Å². The van der Waals surface area contributed by atoms with Gasteiger partial charge in [-0.15, -0.1) is 11.3 Å². The molecule has 1 N–H and O–H groups in total. The Morgan fingerprint density at radius 3 is 2.44 bits per heavy atom. The van der Waals surface area contributed by atoms with Gasteiger partial charge in [0, 0.05) is 11.3 Å². The fourth-order valence-electron chi connectivity index (χ4n) is 4.48. The lowest BCUT2D eigenvalue weighted by atomic mass is 9.94. The van der Waals surface area contributed by atoms with Crippen molar-refractivity contribution in [1.82, 2.24) is 4.98 Å². The van der Waals surface area contributed by atoms with E-state index in [0.29, 0.717) is 32.6 Å². The highest BCUT2D eigenvalue weighted by Crippen LogP contribution is 2.44. The summed E-state index contributed by atoms with van der Waals surface area (Å²) in [7, 11) is 1.56. The van der Waals surface area contributed by atoms with Crippen molar-refractivity contribution in [3.8, 4) is 16.3 Å². The van der Waals surface area contributed by atoms with Gasteiger partial charge in [0.25, 0.3) is 5.91 Å². The Balaban J connectivity index is 1.66. The predicted molar refractivity (Wildman–Crippen MR) is 141 cm³/mol. The van der Waals surface area contributed by atoms with E-state index >= 15 is 0 Å². The highest BCUT2D eigenvalue weighted by molar-refractivity contribution is 7.17. The van der Waals surface area contributed by atoms with Gasteiger partial charge in [-0.1, -0.05) is 60.7 Å². The monoisotopic (exact) mass is 496 g/mol. The van der Waals surface area contributed by atoms with Crippen LogP contribution in [0.2, 0.25) is 0 Å². The third-order valence-corrected chi connectivity index (χ3v) is 7.47. The molecule has 5 rings (SSSR count). The second-order valence-corrected chi connectivity index (χ2v) is 9.53. The van der Waals surface area contributed by atoms with E-state index in [1.165, 1.54) is 16.2 Å². The number of para-hydroxylation sites is 1. The summed E-state index contributed by atoms with van der Waals surface area (Å²) in [5.74, 6) is -0.999. The number of carbonyl (C=O) groups excluding carboxylic acids is 2. The Kier molecular flexibility index (Phi) is 6.16. The number of aromatic nitrogens is 1. The minimum atomic E-state index is -0.831. The number of benzene rings is 3. The summed E-state index contributed by atoms with van der Waals surface area (Å²) in [4.78, 5) is 34.0. The molecule has 1 aliphatic rings. The molecule has 0 spiro atoms. The van der Waals surface area contributed by atoms with Crippen molar-refractivity contribution in [1.29, 1.82) is 0 Å². The fourth-order valence-corrected chi connectivity index (χ4v) is 5.51. The highest BCUT2D eigenvalue weighted by atomic mass is 32.1. The molecule has 1 unspecified atom stereocenters.